The van der Waals surface area contributed by atoms with E-state index in [4.69, 9.17) is 0 Å². The molecular weight excluding hydrogens is 555 g/mol. The highest BCUT2D eigenvalue weighted by atomic mass is 19.4. The molecule has 1 aromatic heterocycles. The molecule has 12 heteroatoms. The average Bonchev–Trinajstić information content (AvgIpc) is 3.57. The number of amides is 1. The number of pyridine rings is 1. The Morgan fingerprint density at radius 3 is 2.12 bits per heavy atom. The van der Waals surface area contributed by atoms with Crippen LogP contribution in [0, 0.1) is 17.2 Å². The van der Waals surface area contributed by atoms with E-state index in [1.54, 1.807) is 0 Å². The summed E-state index contributed by atoms with van der Waals surface area (Å²) in [5.74, 6) is -0.768. The molecule has 1 unspecified atom stereocenters. The lowest BCUT2D eigenvalue weighted by molar-refractivity contribution is -0.143. The van der Waals surface area contributed by atoms with Gasteiger partial charge in [0.25, 0.3) is 5.56 Å². The smallest absolute Gasteiger partial charge is 0.334 e. The molecule has 0 bridgehead atoms. The lowest BCUT2D eigenvalue weighted by atomic mass is 9.80. The van der Waals surface area contributed by atoms with Gasteiger partial charge in [0.2, 0.25) is 5.91 Å². The summed E-state index contributed by atoms with van der Waals surface area (Å²) in [5, 5.41) is 3.33. The summed E-state index contributed by atoms with van der Waals surface area (Å²) in [7, 11) is 1.45. The van der Waals surface area contributed by atoms with Gasteiger partial charge in [-0.05, 0) is 72.8 Å². The molecule has 0 spiro atoms. The fourth-order valence-corrected chi connectivity index (χ4v) is 5.73. The van der Waals surface area contributed by atoms with Gasteiger partial charge >= 0.3 is 12.4 Å². The second-order valence-electron chi connectivity index (χ2n) is 11.2. The Hall–Kier alpha value is -3.41. The molecule has 0 radical (unpaired) electrons. The first-order valence-electron chi connectivity index (χ1n) is 13.2. The lowest BCUT2D eigenvalue weighted by Gasteiger charge is -2.35. The quantitative estimate of drug-likeness (QED) is 0.346. The number of hydrogen-bond acceptors (Lipinski definition) is 3. The molecule has 1 aliphatic carbocycles. The molecule has 1 saturated heterocycles. The van der Waals surface area contributed by atoms with E-state index >= 15 is 4.39 Å². The molecule has 2 aliphatic rings. The third-order valence-electron chi connectivity index (χ3n) is 8.01. The minimum atomic E-state index is -5.04. The predicted molar refractivity (Wildman–Crippen MR) is 137 cm³/mol. The van der Waals surface area contributed by atoms with Crippen LogP contribution in [0.5, 0.6) is 0 Å². The van der Waals surface area contributed by atoms with Crippen LogP contribution in [0.2, 0.25) is 0 Å². The maximum Gasteiger partial charge on any atom is 0.416 e. The number of halogens is 7. The second kappa shape index (κ2) is 10.5. The first kappa shape index (κ1) is 29.1. The molecular formula is C29H28F7N3O2. The highest BCUT2D eigenvalue weighted by molar-refractivity contribution is 5.84. The topological polar surface area (TPSA) is 54.3 Å². The van der Waals surface area contributed by atoms with Crippen molar-refractivity contribution in [2.75, 3.05) is 13.1 Å². The number of rotatable bonds is 7. The summed E-state index contributed by atoms with van der Waals surface area (Å²) in [6.07, 6.45) is -7.18. The number of nitrogens with zero attached hydrogens (tertiary/aromatic N) is 2. The summed E-state index contributed by atoms with van der Waals surface area (Å²) in [6.45, 7) is 0.0427. The zero-order valence-corrected chi connectivity index (χ0v) is 22.1. The Morgan fingerprint density at radius 2 is 1.59 bits per heavy atom. The maximum absolute atomic E-state index is 15.1. The van der Waals surface area contributed by atoms with Gasteiger partial charge in [0.15, 0.2) is 0 Å². The van der Waals surface area contributed by atoms with Crippen LogP contribution in [-0.4, -0.2) is 28.5 Å². The maximum atomic E-state index is 15.1. The van der Waals surface area contributed by atoms with Crippen LogP contribution in [-0.2, 0) is 37.3 Å². The first-order chi connectivity index (χ1) is 19.2. The predicted octanol–water partition coefficient (Wildman–Crippen LogP) is 6.02. The summed E-state index contributed by atoms with van der Waals surface area (Å²) in [4.78, 5) is 27.5. The molecule has 2 fully saturated rings. The number of aromatic nitrogens is 1. The Balaban J connectivity index is 1.59. The van der Waals surface area contributed by atoms with E-state index in [0.29, 0.717) is 44.0 Å². The van der Waals surface area contributed by atoms with E-state index in [9.17, 15) is 35.9 Å². The molecule has 1 N–H and O–H groups in total. The number of fused-ring (bicyclic) bond motifs is 1. The van der Waals surface area contributed by atoms with Crippen LogP contribution >= 0.6 is 0 Å². The lowest BCUT2D eigenvalue weighted by Crippen LogP contribution is -2.45. The number of hydrogen-bond donors (Lipinski definition) is 1. The number of aryl methyl sites for hydroxylation is 1. The molecule has 1 amide bonds. The monoisotopic (exact) mass is 583 g/mol. The van der Waals surface area contributed by atoms with Gasteiger partial charge in [-0.15, -0.1) is 0 Å². The Kier molecular flexibility index (Phi) is 7.42. The number of nitrogens with one attached hydrogen (secondary N) is 1. The van der Waals surface area contributed by atoms with Gasteiger partial charge < -0.3 is 14.8 Å². The Bertz CT molecular complexity index is 1500. The van der Waals surface area contributed by atoms with E-state index < -0.39 is 52.7 Å². The number of carbonyl (C=O) groups is 1. The molecule has 5 nitrogen and oxygen atoms in total. The second-order valence-corrected chi connectivity index (χ2v) is 11.2. The van der Waals surface area contributed by atoms with Crippen molar-refractivity contribution < 1.29 is 35.5 Å². The minimum Gasteiger partial charge on any atom is -0.334 e. The van der Waals surface area contributed by atoms with Gasteiger partial charge in [-0.25, -0.2) is 4.39 Å². The number of benzene rings is 2. The molecule has 2 heterocycles. The number of carbonyl (C=O) groups excluding carboxylic acids is 1. The van der Waals surface area contributed by atoms with Crippen LogP contribution in [0.1, 0.15) is 47.9 Å². The van der Waals surface area contributed by atoms with E-state index in [2.05, 4.69) is 5.32 Å². The molecule has 220 valence electrons. The molecule has 1 saturated carbocycles. The molecule has 1 atom stereocenters. The third kappa shape index (κ3) is 6.12. The van der Waals surface area contributed by atoms with Crippen LogP contribution in [0.15, 0.2) is 47.3 Å². The van der Waals surface area contributed by atoms with Crippen LogP contribution in [0.4, 0.5) is 30.7 Å². The van der Waals surface area contributed by atoms with E-state index in [0.717, 1.165) is 12.8 Å². The first-order valence-corrected chi connectivity index (χ1v) is 13.2. The zero-order chi connectivity index (χ0) is 29.7. The van der Waals surface area contributed by atoms with Crippen molar-refractivity contribution in [3.8, 4) is 0 Å². The molecule has 1 aliphatic heterocycles. The Morgan fingerprint density at radius 1 is 0.976 bits per heavy atom. The third-order valence-corrected chi connectivity index (χ3v) is 8.01. The molecule has 3 aromatic rings. The fourth-order valence-electron chi connectivity index (χ4n) is 5.73. The van der Waals surface area contributed by atoms with Crippen molar-refractivity contribution in [3.05, 3.63) is 80.9 Å². The molecule has 2 aromatic carbocycles. The number of alkyl halides is 6. The zero-order valence-electron chi connectivity index (χ0n) is 22.1. The van der Waals surface area contributed by atoms with Crippen LogP contribution < -0.4 is 10.9 Å². The van der Waals surface area contributed by atoms with Crippen molar-refractivity contribution in [1.82, 2.24) is 14.8 Å². The van der Waals surface area contributed by atoms with E-state index in [-0.39, 0.29) is 34.6 Å². The highest BCUT2D eigenvalue weighted by Crippen LogP contribution is 2.45. The van der Waals surface area contributed by atoms with Gasteiger partial charge in [0, 0.05) is 38.1 Å². The van der Waals surface area contributed by atoms with Crippen molar-refractivity contribution in [3.63, 3.8) is 0 Å². The summed E-state index contributed by atoms with van der Waals surface area (Å²) in [6, 6.07) is 6.48. The largest absolute Gasteiger partial charge is 0.416 e. The van der Waals surface area contributed by atoms with E-state index in [1.807, 2.05) is 0 Å². The summed E-state index contributed by atoms with van der Waals surface area (Å²) in [5.41, 5.74) is -4.08. The van der Waals surface area contributed by atoms with Crippen molar-refractivity contribution in [2.24, 2.45) is 18.4 Å². The SMILES string of the molecule is Cn1c(=O)ccc2c(F)cc(CN(Cc3cc(C(F)(F)F)cc(C(F)(F)F)c3)C(=O)C3(CC4CC4)CCNC3)cc21. The van der Waals surface area contributed by atoms with Crippen LogP contribution in [0.3, 0.4) is 0 Å². The van der Waals surface area contributed by atoms with Gasteiger partial charge in [-0.2, -0.15) is 26.3 Å². The van der Waals surface area contributed by atoms with Crippen molar-refractivity contribution in [2.45, 2.75) is 51.1 Å². The minimum absolute atomic E-state index is 0.0460. The fraction of sp³-hybridized carbons (Fsp3) is 0.448. The van der Waals surface area contributed by atoms with Crippen molar-refractivity contribution >= 4 is 16.8 Å². The Labute approximate surface area is 230 Å². The van der Waals surface area contributed by atoms with Gasteiger partial charge in [0.1, 0.15) is 5.82 Å². The molecule has 5 rings (SSSR count). The summed E-state index contributed by atoms with van der Waals surface area (Å²) < 4.78 is 97.8. The highest BCUT2D eigenvalue weighted by Gasteiger charge is 2.47. The van der Waals surface area contributed by atoms with Gasteiger partial charge in [0.05, 0.1) is 22.1 Å². The normalized spacial score (nSPS) is 19.6. The van der Waals surface area contributed by atoms with Gasteiger partial charge in [-0.1, -0.05) is 12.8 Å². The van der Waals surface area contributed by atoms with Crippen molar-refractivity contribution in [1.29, 1.82) is 0 Å². The standard InChI is InChI=1S/C29H28F7N3O2/c1-38-24-11-19(10-23(30)22(24)4-5-25(38)40)15-39(26(41)27(6-7-37-16-27)13-17-2-3-17)14-18-8-20(28(31,32)33)12-21(9-18)29(34,35)36/h4-5,8-12,17,37H,2-3,6-7,13-16H2,1H3. The average molecular weight is 584 g/mol. The summed E-state index contributed by atoms with van der Waals surface area (Å²) >= 11 is 0. The molecule has 41 heavy (non-hydrogen) atoms. The van der Waals surface area contributed by atoms with Gasteiger partial charge in [-0.3, -0.25) is 9.59 Å². The van der Waals surface area contributed by atoms with E-state index in [1.165, 1.54) is 40.8 Å². The van der Waals surface area contributed by atoms with Crippen LogP contribution in [0.25, 0.3) is 10.9 Å².